The number of nitrogens with zero attached hydrogens (tertiary/aromatic N) is 1. The van der Waals surface area contributed by atoms with Crippen molar-refractivity contribution in [3.63, 3.8) is 0 Å². The Bertz CT molecular complexity index is 870. The van der Waals surface area contributed by atoms with Gasteiger partial charge in [0.25, 0.3) is 11.1 Å². The third-order valence-electron chi connectivity index (χ3n) is 3.58. The summed E-state index contributed by atoms with van der Waals surface area (Å²) in [4.78, 5) is 48.3. The molecular weight excluding hydrogens is 517 g/mol. The lowest BCUT2D eigenvalue weighted by Gasteiger charge is -2.13. The van der Waals surface area contributed by atoms with Gasteiger partial charge in [0.15, 0.2) is 18.1 Å². The summed E-state index contributed by atoms with van der Waals surface area (Å²) in [5, 5.41) is -0.553. The predicted molar refractivity (Wildman–Crippen MR) is 113 cm³/mol. The zero-order valence-electron chi connectivity index (χ0n) is 15.9. The fourth-order valence-corrected chi connectivity index (χ4v) is 3.90. The minimum Gasteiger partial charge on any atom is -0.493 e. The van der Waals surface area contributed by atoms with Gasteiger partial charge in [-0.05, 0) is 65.0 Å². The van der Waals surface area contributed by atoms with E-state index in [0.29, 0.717) is 20.6 Å². The molecule has 0 radical (unpaired) electrons. The molecule has 1 aromatic carbocycles. The Morgan fingerprint density at radius 3 is 2.55 bits per heavy atom. The van der Waals surface area contributed by atoms with E-state index in [-0.39, 0.29) is 18.1 Å². The number of hydrogen-bond donors (Lipinski definition) is 0. The van der Waals surface area contributed by atoms with Crippen molar-refractivity contribution in [3.05, 3.63) is 26.2 Å². The highest BCUT2D eigenvalue weighted by Crippen LogP contribution is 2.37. The molecule has 9 nitrogen and oxygen atoms in total. The van der Waals surface area contributed by atoms with Crippen molar-refractivity contribution in [3.8, 4) is 11.5 Å². The maximum atomic E-state index is 12.4. The van der Waals surface area contributed by atoms with E-state index in [9.17, 15) is 19.2 Å². The molecule has 0 unspecified atom stereocenters. The Morgan fingerprint density at radius 1 is 1.21 bits per heavy atom. The number of methoxy groups -OCH3 is 2. The van der Waals surface area contributed by atoms with Crippen LogP contribution in [0.15, 0.2) is 17.0 Å². The maximum absolute atomic E-state index is 12.4. The molecular formula is C18H18INO8S. The monoisotopic (exact) mass is 535 g/mol. The van der Waals surface area contributed by atoms with Gasteiger partial charge in [0, 0.05) is 0 Å². The summed E-state index contributed by atoms with van der Waals surface area (Å²) in [6.45, 7) is 1.23. The van der Waals surface area contributed by atoms with Crippen LogP contribution in [-0.4, -0.2) is 62.0 Å². The molecule has 1 fully saturated rings. The zero-order valence-corrected chi connectivity index (χ0v) is 18.8. The summed E-state index contributed by atoms with van der Waals surface area (Å²) in [6, 6.07) is 3.31. The lowest BCUT2D eigenvalue weighted by molar-refractivity contribution is -0.145. The minimum atomic E-state index is -0.687. The summed E-state index contributed by atoms with van der Waals surface area (Å²) >= 11 is 2.73. The number of amides is 2. The van der Waals surface area contributed by atoms with Gasteiger partial charge in [-0.25, -0.2) is 4.79 Å². The van der Waals surface area contributed by atoms with Crippen molar-refractivity contribution in [2.75, 3.05) is 34.0 Å². The summed E-state index contributed by atoms with van der Waals surface area (Å²) in [5.74, 6) is -1.07. The van der Waals surface area contributed by atoms with Gasteiger partial charge in [0.1, 0.15) is 6.54 Å². The van der Waals surface area contributed by atoms with E-state index in [1.54, 1.807) is 19.1 Å². The van der Waals surface area contributed by atoms with E-state index in [4.69, 9.17) is 14.2 Å². The first-order valence-corrected chi connectivity index (χ1v) is 10.2. The number of halogens is 1. The standard InChI is InChI=1S/C18H18INO8S/c1-4-27-15(22)9-28-16-11(19)5-10(6-12(16)25-2)7-13-17(23)20(18(24)29-13)8-14(21)26-3/h5-7H,4,8-9H2,1-3H3/b13-7+. The molecule has 156 valence electrons. The molecule has 1 aromatic rings. The largest absolute Gasteiger partial charge is 0.493 e. The van der Waals surface area contributed by atoms with Crippen LogP contribution in [0.5, 0.6) is 11.5 Å². The molecule has 11 heteroatoms. The Kier molecular flexibility index (Phi) is 8.32. The zero-order chi connectivity index (χ0) is 21.6. The van der Waals surface area contributed by atoms with Crippen molar-refractivity contribution in [2.24, 2.45) is 0 Å². The SMILES string of the molecule is CCOC(=O)COc1c(I)cc(/C=C2/SC(=O)N(CC(=O)OC)C2=O)cc1OC. The van der Waals surface area contributed by atoms with Gasteiger partial charge < -0.3 is 18.9 Å². The van der Waals surface area contributed by atoms with Crippen molar-refractivity contribution >= 4 is 63.5 Å². The average molecular weight is 535 g/mol. The molecule has 0 saturated carbocycles. The first-order valence-electron chi connectivity index (χ1n) is 8.28. The molecule has 0 N–H and O–H groups in total. The molecule has 0 aliphatic carbocycles. The van der Waals surface area contributed by atoms with Crippen molar-refractivity contribution < 1.29 is 38.1 Å². The van der Waals surface area contributed by atoms with E-state index in [1.165, 1.54) is 20.3 Å². The smallest absolute Gasteiger partial charge is 0.344 e. The van der Waals surface area contributed by atoms with Crippen LogP contribution in [-0.2, 0) is 23.9 Å². The number of benzene rings is 1. The van der Waals surface area contributed by atoms with Crippen LogP contribution in [0.4, 0.5) is 4.79 Å². The third-order valence-corrected chi connectivity index (χ3v) is 5.29. The quantitative estimate of drug-likeness (QED) is 0.282. The predicted octanol–water partition coefficient (Wildman–Crippen LogP) is 2.45. The fourth-order valence-electron chi connectivity index (χ4n) is 2.28. The Balaban J connectivity index is 2.24. The molecule has 0 bridgehead atoms. The molecule has 0 atom stereocenters. The van der Waals surface area contributed by atoms with E-state index in [1.807, 2.05) is 22.6 Å². The van der Waals surface area contributed by atoms with Crippen molar-refractivity contribution in [1.29, 1.82) is 0 Å². The number of hydrogen-bond acceptors (Lipinski definition) is 9. The first-order chi connectivity index (χ1) is 13.8. The molecule has 1 heterocycles. The highest BCUT2D eigenvalue weighted by molar-refractivity contribution is 14.1. The van der Waals surface area contributed by atoms with Crippen LogP contribution >= 0.6 is 34.4 Å². The second-order valence-electron chi connectivity index (χ2n) is 5.47. The molecule has 2 amide bonds. The molecule has 29 heavy (non-hydrogen) atoms. The number of imide groups is 1. The van der Waals surface area contributed by atoms with E-state index >= 15 is 0 Å². The van der Waals surface area contributed by atoms with Gasteiger partial charge in [-0.15, -0.1) is 0 Å². The minimum absolute atomic E-state index is 0.164. The molecule has 1 aliphatic heterocycles. The lowest BCUT2D eigenvalue weighted by atomic mass is 10.2. The van der Waals surface area contributed by atoms with Crippen LogP contribution in [0.2, 0.25) is 0 Å². The van der Waals surface area contributed by atoms with Crippen LogP contribution < -0.4 is 9.47 Å². The maximum Gasteiger partial charge on any atom is 0.344 e. The Morgan fingerprint density at radius 2 is 1.93 bits per heavy atom. The summed E-state index contributed by atoms with van der Waals surface area (Å²) in [7, 11) is 2.62. The van der Waals surface area contributed by atoms with Gasteiger partial charge >= 0.3 is 11.9 Å². The Labute approximate surface area is 184 Å². The fraction of sp³-hybridized carbons (Fsp3) is 0.333. The van der Waals surface area contributed by atoms with Crippen molar-refractivity contribution in [1.82, 2.24) is 4.90 Å². The van der Waals surface area contributed by atoms with Crippen LogP contribution in [0.1, 0.15) is 12.5 Å². The number of rotatable bonds is 8. The van der Waals surface area contributed by atoms with Crippen LogP contribution in [0.25, 0.3) is 6.08 Å². The summed E-state index contributed by atoms with van der Waals surface area (Å²) < 4.78 is 20.8. The Hall–Kier alpha value is -2.28. The van der Waals surface area contributed by atoms with E-state index < -0.39 is 29.6 Å². The number of ether oxygens (including phenoxy) is 4. The molecule has 0 aromatic heterocycles. The second kappa shape index (κ2) is 10.5. The summed E-state index contributed by atoms with van der Waals surface area (Å²) in [5.41, 5.74) is 0.582. The number of thioether (sulfide) groups is 1. The molecule has 1 saturated heterocycles. The topological polar surface area (TPSA) is 108 Å². The van der Waals surface area contributed by atoms with Gasteiger partial charge in [-0.3, -0.25) is 19.3 Å². The highest BCUT2D eigenvalue weighted by Gasteiger charge is 2.36. The molecule has 2 rings (SSSR count). The van der Waals surface area contributed by atoms with Crippen LogP contribution in [0.3, 0.4) is 0 Å². The highest BCUT2D eigenvalue weighted by atomic mass is 127. The van der Waals surface area contributed by atoms with Crippen LogP contribution in [0, 0.1) is 3.57 Å². The lowest BCUT2D eigenvalue weighted by Crippen LogP contribution is -2.34. The van der Waals surface area contributed by atoms with Gasteiger partial charge in [-0.1, -0.05) is 0 Å². The number of esters is 2. The summed E-state index contributed by atoms with van der Waals surface area (Å²) in [6.07, 6.45) is 1.52. The second-order valence-corrected chi connectivity index (χ2v) is 7.63. The normalized spacial score (nSPS) is 14.9. The molecule has 1 aliphatic rings. The van der Waals surface area contributed by atoms with Gasteiger partial charge in [0.2, 0.25) is 0 Å². The number of carbonyl (C=O) groups excluding carboxylic acids is 4. The number of carbonyl (C=O) groups is 4. The van der Waals surface area contributed by atoms with E-state index in [0.717, 1.165) is 16.7 Å². The first kappa shape index (κ1) is 23.0. The van der Waals surface area contributed by atoms with Gasteiger partial charge in [0.05, 0.1) is 29.3 Å². The van der Waals surface area contributed by atoms with Gasteiger partial charge in [-0.2, -0.15) is 0 Å². The van der Waals surface area contributed by atoms with E-state index in [2.05, 4.69) is 4.74 Å². The molecule has 0 spiro atoms. The third kappa shape index (κ3) is 5.85. The van der Waals surface area contributed by atoms with Crippen molar-refractivity contribution in [2.45, 2.75) is 6.92 Å². The average Bonchev–Trinajstić information content (AvgIpc) is 2.94.